The van der Waals surface area contributed by atoms with Crippen molar-refractivity contribution in [2.24, 2.45) is 5.92 Å². The number of aromatic nitrogens is 3. The minimum atomic E-state index is -0.925. The minimum absolute atomic E-state index is 0.230. The molecule has 170 valence electrons. The number of fused-ring (bicyclic) bond motifs is 1. The summed E-state index contributed by atoms with van der Waals surface area (Å²) in [4.78, 5) is 20.3. The minimum Gasteiger partial charge on any atom is -0.478 e. The highest BCUT2D eigenvalue weighted by atomic mass is 19.1. The Morgan fingerprint density at radius 2 is 1.97 bits per heavy atom. The summed E-state index contributed by atoms with van der Waals surface area (Å²) in [7, 11) is 0. The topological polar surface area (TPSA) is 80.0 Å². The van der Waals surface area contributed by atoms with Crippen LogP contribution in [0.3, 0.4) is 0 Å². The molecule has 0 saturated carbocycles. The fourth-order valence-electron chi connectivity index (χ4n) is 4.18. The van der Waals surface area contributed by atoms with Gasteiger partial charge in [0.25, 0.3) is 0 Å². The van der Waals surface area contributed by atoms with E-state index in [1.807, 2.05) is 35.8 Å². The molecule has 0 bridgehead atoms. The maximum Gasteiger partial charge on any atom is 0.335 e. The van der Waals surface area contributed by atoms with Gasteiger partial charge in [-0.1, -0.05) is 32.0 Å². The lowest BCUT2D eigenvalue weighted by Gasteiger charge is -2.13. The van der Waals surface area contributed by atoms with Crippen molar-refractivity contribution < 1.29 is 14.3 Å². The quantitative estimate of drug-likeness (QED) is 0.371. The number of carboxylic acid groups (broad SMARTS) is 1. The Morgan fingerprint density at radius 1 is 1.15 bits per heavy atom. The number of anilines is 1. The summed E-state index contributed by atoms with van der Waals surface area (Å²) in [5, 5.41) is 13.7. The van der Waals surface area contributed by atoms with Crippen LogP contribution in [0.1, 0.15) is 35.5 Å². The Morgan fingerprint density at radius 3 is 2.73 bits per heavy atom. The molecule has 2 aromatic carbocycles. The second-order valence-corrected chi connectivity index (χ2v) is 8.61. The van der Waals surface area contributed by atoms with Gasteiger partial charge in [0.05, 0.1) is 16.8 Å². The Balaban J connectivity index is 1.52. The van der Waals surface area contributed by atoms with Crippen molar-refractivity contribution in [2.45, 2.75) is 33.7 Å². The van der Waals surface area contributed by atoms with Crippen molar-refractivity contribution in [3.63, 3.8) is 0 Å². The summed E-state index contributed by atoms with van der Waals surface area (Å²) >= 11 is 0. The summed E-state index contributed by atoms with van der Waals surface area (Å²) in [5.74, 6) is -0.167. The second kappa shape index (κ2) is 9.40. The number of para-hydroxylation sites is 1. The van der Waals surface area contributed by atoms with Crippen LogP contribution in [0.25, 0.3) is 22.2 Å². The Bertz CT molecular complexity index is 1310. The predicted molar refractivity (Wildman–Crippen MR) is 128 cm³/mol. The first-order valence-electron chi connectivity index (χ1n) is 11.0. The first-order chi connectivity index (χ1) is 15.8. The average molecular weight is 447 g/mol. The van der Waals surface area contributed by atoms with E-state index in [4.69, 9.17) is 0 Å². The highest BCUT2D eigenvalue weighted by molar-refractivity contribution is 5.90. The van der Waals surface area contributed by atoms with Gasteiger partial charge < -0.3 is 15.0 Å². The fourth-order valence-corrected chi connectivity index (χ4v) is 4.18. The zero-order valence-corrected chi connectivity index (χ0v) is 19.0. The third-order valence-corrected chi connectivity index (χ3v) is 5.65. The molecular formula is C26H27FN4O2. The van der Waals surface area contributed by atoms with Gasteiger partial charge in [0.2, 0.25) is 0 Å². The van der Waals surface area contributed by atoms with Crippen LogP contribution in [-0.4, -0.2) is 32.2 Å². The molecule has 0 fully saturated rings. The van der Waals surface area contributed by atoms with Gasteiger partial charge in [-0.3, -0.25) is 0 Å². The third kappa shape index (κ3) is 4.87. The smallest absolute Gasteiger partial charge is 0.335 e. The van der Waals surface area contributed by atoms with Crippen LogP contribution >= 0.6 is 0 Å². The molecule has 0 unspecified atom stereocenters. The number of aromatic carboxylic acids is 1. The molecule has 4 rings (SSSR count). The van der Waals surface area contributed by atoms with Crippen molar-refractivity contribution in [3.05, 3.63) is 77.5 Å². The lowest BCUT2D eigenvalue weighted by Crippen LogP contribution is -2.13. The van der Waals surface area contributed by atoms with E-state index < -0.39 is 5.97 Å². The lowest BCUT2D eigenvalue weighted by atomic mass is 9.95. The molecular weight excluding hydrogens is 419 g/mol. The molecule has 0 aliphatic carbocycles. The van der Waals surface area contributed by atoms with Gasteiger partial charge >= 0.3 is 5.97 Å². The largest absolute Gasteiger partial charge is 0.478 e. The number of aryl methyl sites for hydroxylation is 1. The Labute approximate surface area is 192 Å². The molecule has 0 radical (unpaired) electrons. The number of nitrogens with one attached hydrogen (secondary N) is 1. The molecule has 4 aromatic rings. The van der Waals surface area contributed by atoms with Crippen LogP contribution in [0.15, 0.2) is 54.9 Å². The molecule has 0 aliphatic heterocycles. The molecule has 2 heterocycles. The van der Waals surface area contributed by atoms with Gasteiger partial charge in [-0.25, -0.2) is 19.2 Å². The normalized spacial score (nSPS) is 11.3. The van der Waals surface area contributed by atoms with Crippen LogP contribution in [0.2, 0.25) is 0 Å². The molecule has 0 spiro atoms. The summed E-state index contributed by atoms with van der Waals surface area (Å²) < 4.78 is 16.3. The van der Waals surface area contributed by atoms with E-state index in [0.717, 1.165) is 22.2 Å². The Hall–Kier alpha value is -3.74. The van der Waals surface area contributed by atoms with Gasteiger partial charge in [0.1, 0.15) is 18.0 Å². The fraction of sp³-hybridized carbons (Fsp3) is 0.269. The van der Waals surface area contributed by atoms with Crippen molar-refractivity contribution in [1.82, 2.24) is 14.5 Å². The zero-order chi connectivity index (χ0) is 23.5. The summed E-state index contributed by atoms with van der Waals surface area (Å²) in [6, 6.07) is 14.2. The maximum atomic E-state index is 14.3. The van der Waals surface area contributed by atoms with Crippen molar-refractivity contribution in [2.75, 3.05) is 11.9 Å². The molecule has 0 aliphatic rings. The van der Waals surface area contributed by atoms with Crippen molar-refractivity contribution in [3.8, 4) is 11.3 Å². The second-order valence-electron chi connectivity index (χ2n) is 8.61. The summed E-state index contributed by atoms with van der Waals surface area (Å²) in [6.45, 7) is 7.24. The van der Waals surface area contributed by atoms with Crippen molar-refractivity contribution >= 4 is 22.7 Å². The van der Waals surface area contributed by atoms with Crippen LogP contribution in [0.4, 0.5) is 10.2 Å². The highest BCUT2D eigenvalue weighted by Crippen LogP contribution is 2.25. The van der Waals surface area contributed by atoms with E-state index in [2.05, 4.69) is 29.1 Å². The molecule has 0 atom stereocenters. The number of hydrogen-bond donors (Lipinski definition) is 2. The monoisotopic (exact) mass is 446 g/mol. The van der Waals surface area contributed by atoms with Crippen LogP contribution < -0.4 is 5.32 Å². The Kier molecular flexibility index (Phi) is 6.40. The van der Waals surface area contributed by atoms with Gasteiger partial charge in [0.15, 0.2) is 0 Å². The van der Waals surface area contributed by atoms with E-state index >= 15 is 0 Å². The van der Waals surface area contributed by atoms with E-state index in [9.17, 15) is 14.3 Å². The van der Waals surface area contributed by atoms with Crippen LogP contribution in [-0.2, 0) is 13.0 Å². The van der Waals surface area contributed by atoms with Crippen molar-refractivity contribution in [1.29, 1.82) is 0 Å². The van der Waals surface area contributed by atoms with E-state index in [1.54, 1.807) is 18.2 Å². The van der Waals surface area contributed by atoms with E-state index in [-0.39, 0.29) is 5.82 Å². The summed E-state index contributed by atoms with van der Waals surface area (Å²) in [5.41, 5.74) is 4.27. The molecule has 33 heavy (non-hydrogen) atoms. The van der Waals surface area contributed by atoms with E-state index in [1.165, 1.54) is 12.4 Å². The number of nitrogens with zero attached hydrogens (tertiary/aromatic N) is 3. The van der Waals surface area contributed by atoms with Gasteiger partial charge in [-0.15, -0.1) is 0 Å². The maximum absolute atomic E-state index is 14.3. The predicted octanol–water partition coefficient (Wildman–Crippen LogP) is 5.55. The standard InChI is InChI=1S/C26H27FN4O2/c1-16(2)11-20-13-18(7-8-21(20)26(32)33)23-14-24(30-15-29-23)28-9-10-31-17(3)12-19-5-4-6-22(27)25(19)31/h4-8,12-16H,9-11H2,1-3H3,(H,32,33)(H,28,29,30). The number of hydrogen-bond acceptors (Lipinski definition) is 4. The van der Waals surface area contributed by atoms with Gasteiger partial charge in [-0.2, -0.15) is 0 Å². The first-order valence-corrected chi connectivity index (χ1v) is 11.0. The highest BCUT2D eigenvalue weighted by Gasteiger charge is 2.14. The number of benzene rings is 2. The summed E-state index contributed by atoms with van der Waals surface area (Å²) in [6.07, 6.45) is 2.16. The number of halogens is 1. The van der Waals surface area contributed by atoms with E-state index in [0.29, 0.717) is 48.0 Å². The molecule has 2 N–H and O–H groups in total. The molecule has 2 aromatic heterocycles. The SMILES string of the molecule is Cc1cc2cccc(F)c2n1CCNc1cc(-c2ccc(C(=O)O)c(CC(C)C)c2)ncn1. The van der Waals surface area contributed by atoms with Crippen LogP contribution in [0.5, 0.6) is 0 Å². The van der Waals surface area contributed by atoms with Crippen LogP contribution in [0, 0.1) is 18.7 Å². The third-order valence-electron chi connectivity index (χ3n) is 5.65. The molecule has 7 heteroatoms. The zero-order valence-electron chi connectivity index (χ0n) is 19.0. The van der Waals surface area contributed by atoms with Gasteiger partial charge in [-0.05, 0) is 49.1 Å². The lowest BCUT2D eigenvalue weighted by molar-refractivity contribution is 0.0695. The molecule has 6 nitrogen and oxygen atoms in total. The number of rotatable bonds is 8. The van der Waals surface area contributed by atoms with Gasteiger partial charge in [0, 0.05) is 35.8 Å². The number of carboxylic acids is 1. The number of carbonyl (C=O) groups is 1. The molecule has 0 amide bonds. The molecule has 0 saturated heterocycles. The average Bonchev–Trinajstić information content (AvgIpc) is 3.09. The first kappa shape index (κ1) is 22.5.